The summed E-state index contributed by atoms with van der Waals surface area (Å²) in [5.41, 5.74) is 1.88. The van der Waals surface area contributed by atoms with Crippen molar-refractivity contribution in [1.82, 2.24) is 19.8 Å². The number of carbonyl (C=O) groups is 2. The Morgan fingerprint density at radius 2 is 2.00 bits per heavy atom. The van der Waals surface area contributed by atoms with Crippen molar-refractivity contribution in [2.24, 2.45) is 0 Å². The second-order valence-corrected chi connectivity index (χ2v) is 4.87. The van der Waals surface area contributed by atoms with Crippen molar-refractivity contribution in [3.05, 3.63) is 24.3 Å². The highest BCUT2D eigenvalue weighted by atomic mass is 16.2. The van der Waals surface area contributed by atoms with Gasteiger partial charge in [-0.2, -0.15) is 0 Å². The predicted molar refractivity (Wildman–Crippen MR) is 72.6 cm³/mol. The maximum atomic E-state index is 12.4. The molecule has 4 amide bonds. The minimum atomic E-state index is -0.329. The topological polar surface area (TPSA) is 70.5 Å². The summed E-state index contributed by atoms with van der Waals surface area (Å²) in [6.07, 6.45) is 0. The van der Waals surface area contributed by atoms with Gasteiger partial charge in [0.1, 0.15) is 0 Å². The highest BCUT2D eigenvalue weighted by Crippen LogP contribution is 2.28. The van der Waals surface area contributed by atoms with E-state index >= 15 is 0 Å². The number of nitrogens with one attached hydrogen (secondary N) is 1. The smallest absolute Gasteiger partial charge is 0.335 e. The maximum absolute atomic E-state index is 12.4. The van der Waals surface area contributed by atoms with E-state index in [0.717, 1.165) is 11.0 Å². The third kappa shape index (κ3) is 1.43. The maximum Gasteiger partial charge on any atom is 0.335 e. The van der Waals surface area contributed by atoms with Crippen LogP contribution < -0.4 is 10.2 Å². The Balaban J connectivity index is 1.73. The molecule has 1 fully saturated rings. The third-order valence-corrected chi connectivity index (χ3v) is 3.74. The fourth-order valence-electron chi connectivity index (χ4n) is 2.77. The molecular formula is C13H13N5O2. The summed E-state index contributed by atoms with van der Waals surface area (Å²) < 4.78 is 2.02. The van der Waals surface area contributed by atoms with E-state index in [1.54, 1.807) is 4.90 Å². The molecule has 0 unspecified atom stereocenters. The van der Waals surface area contributed by atoms with Crippen LogP contribution in [0.2, 0.25) is 0 Å². The molecule has 0 spiro atoms. The summed E-state index contributed by atoms with van der Waals surface area (Å²) in [5, 5.41) is 2.64. The number of fused-ring (bicyclic) bond motifs is 3. The molecule has 2 aliphatic rings. The normalized spacial score (nSPS) is 17.7. The number of para-hydroxylation sites is 2. The van der Waals surface area contributed by atoms with Gasteiger partial charge >= 0.3 is 12.1 Å². The van der Waals surface area contributed by atoms with Crippen LogP contribution in [0, 0.1) is 0 Å². The van der Waals surface area contributed by atoms with Gasteiger partial charge in [0.2, 0.25) is 5.95 Å². The lowest BCUT2D eigenvalue weighted by molar-refractivity contribution is 0.203. The van der Waals surface area contributed by atoms with E-state index in [-0.39, 0.29) is 12.1 Å². The number of imidazole rings is 1. The van der Waals surface area contributed by atoms with Crippen LogP contribution in [0.5, 0.6) is 0 Å². The summed E-state index contributed by atoms with van der Waals surface area (Å²) in [7, 11) is 0. The molecular weight excluding hydrogens is 258 g/mol. The van der Waals surface area contributed by atoms with Gasteiger partial charge in [-0.05, 0) is 12.1 Å². The van der Waals surface area contributed by atoms with Crippen molar-refractivity contribution in [3.8, 4) is 0 Å². The molecule has 3 heterocycles. The highest BCUT2D eigenvalue weighted by Gasteiger charge is 2.35. The van der Waals surface area contributed by atoms with E-state index in [2.05, 4.69) is 10.3 Å². The van der Waals surface area contributed by atoms with Gasteiger partial charge in [0, 0.05) is 26.2 Å². The number of hydrogen-bond acceptors (Lipinski definition) is 3. The summed E-state index contributed by atoms with van der Waals surface area (Å²) in [6.45, 7) is 2.18. The number of rotatable bonds is 0. The van der Waals surface area contributed by atoms with Crippen molar-refractivity contribution in [2.45, 2.75) is 6.54 Å². The molecule has 7 nitrogen and oxygen atoms in total. The molecule has 102 valence electrons. The first kappa shape index (κ1) is 11.3. The molecule has 2 aromatic rings. The van der Waals surface area contributed by atoms with Gasteiger partial charge < -0.3 is 9.88 Å². The monoisotopic (exact) mass is 271 g/mol. The summed E-state index contributed by atoms with van der Waals surface area (Å²) in [5.74, 6) is 0.621. The lowest BCUT2D eigenvalue weighted by Gasteiger charge is -2.19. The fraction of sp³-hybridized carbons (Fsp3) is 0.308. The lowest BCUT2D eigenvalue weighted by Crippen LogP contribution is -2.44. The van der Waals surface area contributed by atoms with Crippen molar-refractivity contribution in [1.29, 1.82) is 0 Å². The molecule has 0 atom stereocenters. The van der Waals surface area contributed by atoms with Crippen LogP contribution in [0.1, 0.15) is 0 Å². The predicted octanol–water partition coefficient (Wildman–Crippen LogP) is 1.00. The zero-order valence-electron chi connectivity index (χ0n) is 10.7. The van der Waals surface area contributed by atoms with E-state index in [1.807, 2.05) is 28.8 Å². The molecule has 4 rings (SSSR count). The van der Waals surface area contributed by atoms with Crippen LogP contribution >= 0.6 is 0 Å². The first-order valence-electron chi connectivity index (χ1n) is 6.58. The van der Waals surface area contributed by atoms with Gasteiger partial charge in [-0.3, -0.25) is 4.90 Å². The van der Waals surface area contributed by atoms with Crippen LogP contribution in [-0.2, 0) is 6.54 Å². The quantitative estimate of drug-likeness (QED) is 0.777. The van der Waals surface area contributed by atoms with E-state index in [9.17, 15) is 9.59 Å². The second-order valence-electron chi connectivity index (χ2n) is 4.87. The number of benzene rings is 1. The average Bonchev–Trinajstić information content (AvgIpc) is 3.12. The number of amides is 4. The van der Waals surface area contributed by atoms with Crippen LogP contribution in [0.4, 0.5) is 15.5 Å². The second kappa shape index (κ2) is 3.96. The number of aromatic nitrogens is 2. The number of imide groups is 1. The molecule has 1 aromatic carbocycles. The van der Waals surface area contributed by atoms with Gasteiger partial charge in [-0.25, -0.2) is 19.5 Å². The zero-order chi connectivity index (χ0) is 13.7. The third-order valence-electron chi connectivity index (χ3n) is 3.74. The van der Waals surface area contributed by atoms with Crippen molar-refractivity contribution in [3.63, 3.8) is 0 Å². The SMILES string of the molecule is O=C1NCCN1C(=O)N1CCn2c1nc1ccccc12. The highest BCUT2D eigenvalue weighted by molar-refractivity contribution is 6.03. The summed E-state index contributed by atoms with van der Waals surface area (Å²) in [4.78, 5) is 31.3. The molecule has 0 radical (unpaired) electrons. The van der Waals surface area contributed by atoms with E-state index in [1.165, 1.54) is 4.90 Å². The van der Waals surface area contributed by atoms with Gasteiger partial charge in [0.15, 0.2) is 0 Å². The zero-order valence-corrected chi connectivity index (χ0v) is 10.7. The van der Waals surface area contributed by atoms with E-state index in [4.69, 9.17) is 0 Å². The Kier molecular flexibility index (Phi) is 2.23. The first-order chi connectivity index (χ1) is 9.75. The van der Waals surface area contributed by atoms with Crippen molar-refractivity contribution in [2.75, 3.05) is 24.5 Å². The van der Waals surface area contributed by atoms with Crippen molar-refractivity contribution >= 4 is 29.0 Å². The fourth-order valence-corrected chi connectivity index (χ4v) is 2.77. The molecule has 0 saturated carbocycles. The van der Waals surface area contributed by atoms with E-state index in [0.29, 0.717) is 32.1 Å². The molecule has 1 N–H and O–H groups in total. The summed E-state index contributed by atoms with van der Waals surface area (Å²) >= 11 is 0. The molecule has 1 aromatic heterocycles. The molecule has 0 bridgehead atoms. The van der Waals surface area contributed by atoms with Crippen LogP contribution in [0.3, 0.4) is 0 Å². The minimum Gasteiger partial charge on any atom is -0.336 e. The Hall–Kier alpha value is -2.57. The Morgan fingerprint density at radius 3 is 2.80 bits per heavy atom. The molecule has 1 saturated heterocycles. The number of urea groups is 2. The minimum absolute atomic E-state index is 0.297. The van der Waals surface area contributed by atoms with Gasteiger partial charge in [-0.1, -0.05) is 12.1 Å². The lowest BCUT2D eigenvalue weighted by atomic mass is 10.3. The standard InChI is InChI=1S/C13H13N5O2/c19-12-14-5-6-18(12)13(20)17-8-7-16-10-4-2-1-3-9(10)15-11(16)17/h1-4H,5-8H2,(H,14,19). The van der Waals surface area contributed by atoms with Crippen LogP contribution in [0.15, 0.2) is 24.3 Å². The number of nitrogens with zero attached hydrogens (tertiary/aromatic N) is 4. The Morgan fingerprint density at radius 1 is 1.15 bits per heavy atom. The number of carbonyl (C=O) groups excluding carboxylic acids is 2. The Bertz CT molecular complexity index is 723. The molecule has 0 aliphatic carbocycles. The Labute approximate surface area is 114 Å². The molecule has 2 aliphatic heterocycles. The largest absolute Gasteiger partial charge is 0.336 e. The van der Waals surface area contributed by atoms with Crippen LogP contribution in [-0.4, -0.2) is 46.1 Å². The van der Waals surface area contributed by atoms with Crippen molar-refractivity contribution < 1.29 is 9.59 Å². The molecule has 7 heteroatoms. The van der Waals surface area contributed by atoms with Gasteiger partial charge in [-0.15, -0.1) is 0 Å². The summed E-state index contributed by atoms with van der Waals surface area (Å²) in [6, 6.07) is 7.16. The van der Waals surface area contributed by atoms with Crippen LogP contribution in [0.25, 0.3) is 11.0 Å². The first-order valence-corrected chi connectivity index (χ1v) is 6.58. The van der Waals surface area contributed by atoms with E-state index < -0.39 is 0 Å². The number of hydrogen-bond donors (Lipinski definition) is 1. The van der Waals surface area contributed by atoms with Gasteiger partial charge in [0.05, 0.1) is 11.0 Å². The average molecular weight is 271 g/mol. The van der Waals surface area contributed by atoms with Gasteiger partial charge in [0.25, 0.3) is 0 Å². The number of anilines is 1. The molecule has 20 heavy (non-hydrogen) atoms.